The van der Waals surface area contributed by atoms with Gasteiger partial charge in [0.1, 0.15) is 18.9 Å². The molecular formula is C21H33N5O4. The number of rotatable bonds is 8. The number of carbonyl (C=O) groups is 2. The predicted molar refractivity (Wildman–Crippen MR) is 116 cm³/mol. The van der Waals surface area contributed by atoms with Crippen LogP contribution in [-0.2, 0) is 9.53 Å². The number of nitrogens with zero attached hydrogens (tertiary/aromatic N) is 3. The number of aliphatic imine (C=N–C) groups is 1. The SMILES string of the molecule is CCOC(=O)N1CCC(NC(=NCC(=O)N(C)C)NCCOc2ccccc2)CC1. The number of likely N-dealkylation sites (tertiary alicyclic amines) is 1. The fourth-order valence-corrected chi connectivity index (χ4v) is 2.91. The van der Waals surface area contributed by atoms with E-state index in [0.717, 1.165) is 18.6 Å². The maximum absolute atomic E-state index is 11.9. The summed E-state index contributed by atoms with van der Waals surface area (Å²) in [5.41, 5.74) is 0. The van der Waals surface area contributed by atoms with Gasteiger partial charge in [-0.3, -0.25) is 4.79 Å². The van der Waals surface area contributed by atoms with E-state index in [9.17, 15) is 9.59 Å². The molecule has 1 aromatic rings. The van der Waals surface area contributed by atoms with Gasteiger partial charge in [-0.1, -0.05) is 18.2 Å². The Balaban J connectivity index is 1.84. The van der Waals surface area contributed by atoms with Crippen LogP contribution in [0.2, 0.25) is 0 Å². The summed E-state index contributed by atoms with van der Waals surface area (Å²) in [6.07, 6.45) is 1.29. The number of hydrogen-bond acceptors (Lipinski definition) is 5. The average Bonchev–Trinajstić information content (AvgIpc) is 2.75. The predicted octanol–water partition coefficient (Wildman–Crippen LogP) is 1.31. The number of hydrogen-bond donors (Lipinski definition) is 2. The molecule has 0 unspecified atom stereocenters. The van der Waals surface area contributed by atoms with E-state index in [2.05, 4.69) is 15.6 Å². The Morgan fingerprint density at radius 3 is 2.53 bits per heavy atom. The minimum Gasteiger partial charge on any atom is -0.492 e. The molecule has 0 radical (unpaired) electrons. The molecule has 1 aromatic carbocycles. The van der Waals surface area contributed by atoms with Gasteiger partial charge in [0, 0.05) is 33.2 Å². The Morgan fingerprint density at radius 2 is 1.90 bits per heavy atom. The summed E-state index contributed by atoms with van der Waals surface area (Å²) in [6, 6.07) is 9.75. The van der Waals surface area contributed by atoms with Crippen LogP contribution in [0.5, 0.6) is 5.75 Å². The Hall–Kier alpha value is -2.97. The molecule has 2 N–H and O–H groups in total. The molecule has 166 valence electrons. The lowest BCUT2D eigenvalue weighted by Gasteiger charge is -2.32. The van der Waals surface area contributed by atoms with Crippen molar-refractivity contribution in [3.63, 3.8) is 0 Å². The first kappa shape index (κ1) is 23.3. The lowest BCUT2D eigenvalue weighted by Crippen LogP contribution is -2.50. The second-order valence-electron chi connectivity index (χ2n) is 7.15. The number of para-hydroxylation sites is 1. The van der Waals surface area contributed by atoms with Crippen molar-refractivity contribution < 1.29 is 19.1 Å². The third kappa shape index (κ3) is 8.18. The third-order valence-corrected chi connectivity index (χ3v) is 4.64. The quantitative estimate of drug-likeness (QED) is 0.375. The fraction of sp³-hybridized carbons (Fsp3) is 0.571. The summed E-state index contributed by atoms with van der Waals surface area (Å²) in [4.78, 5) is 31.4. The van der Waals surface area contributed by atoms with Gasteiger partial charge in [-0.2, -0.15) is 0 Å². The van der Waals surface area contributed by atoms with Crippen molar-refractivity contribution in [1.82, 2.24) is 20.4 Å². The van der Waals surface area contributed by atoms with Crippen LogP contribution in [0.1, 0.15) is 19.8 Å². The number of piperidine rings is 1. The molecule has 0 saturated carbocycles. The first-order chi connectivity index (χ1) is 14.5. The normalized spacial score (nSPS) is 14.8. The molecule has 9 heteroatoms. The zero-order valence-corrected chi connectivity index (χ0v) is 18.1. The smallest absolute Gasteiger partial charge is 0.409 e. The summed E-state index contributed by atoms with van der Waals surface area (Å²) < 4.78 is 10.8. The molecule has 0 atom stereocenters. The maximum Gasteiger partial charge on any atom is 0.409 e. The van der Waals surface area contributed by atoms with E-state index >= 15 is 0 Å². The van der Waals surface area contributed by atoms with E-state index in [4.69, 9.17) is 9.47 Å². The summed E-state index contributed by atoms with van der Waals surface area (Å²) in [5.74, 6) is 1.30. The largest absolute Gasteiger partial charge is 0.492 e. The van der Waals surface area contributed by atoms with Gasteiger partial charge in [0.2, 0.25) is 5.91 Å². The molecule has 1 saturated heterocycles. The van der Waals surface area contributed by atoms with Crippen LogP contribution >= 0.6 is 0 Å². The van der Waals surface area contributed by atoms with Crippen molar-refractivity contribution in [2.45, 2.75) is 25.8 Å². The molecule has 0 aliphatic carbocycles. The summed E-state index contributed by atoms with van der Waals surface area (Å²) in [7, 11) is 3.41. The summed E-state index contributed by atoms with van der Waals surface area (Å²) in [6.45, 7) is 4.49. The van der Waals surface area contributed by atoms with Crippen LogP contribution in [0.15, 0.2) is 35.3 Å². The Kier molecular flexibility index (Phi) is 9.76. The number of nitrogens with one attached hydrogen (secondary N) is 2. The van der Waals surface area contributed by atoms with Crippen LogP contribution < -0.4 is 15.4 Å². The zero-order chi connectivity index (χ0) is 21.8. The maximum atomic E-state index is 11.9. The highest BCUT2D eigenvalue weighted by molar-refractivity contribution is 5.85. The van der Waals surface area contributed by atoms with Gasteiger partial charge >= 0.3 is 6.09 Å². The molecule has 0 aromatic heterocycles. The number of guanidine groups is 1. The Morgan fingerprint density at radius 1 is 1.20 bits per heavy atom. The highest BCUT2D eigenvalue weighted by atomic mass is 16.6. The van der Waals surface area contributed by atoms with E-state index < -0.39 is 0 Å². The third-order valence-electron chi connectivity index (χ3n) is 4.64. The van der Waals surface area contributed by atoms with E-state index in [-0.39, 0.29) is 24.6 Å². The Bertz CT molecular complexity index is 688. The molecule has 1 aliphatic rings. The number of likely N-dealkylation sites (N-methyl/N-ethyl adjacent to an activating group) is 1. The molecule has 2 rings (SSSR count). The molecule has 1 aliphatic heterocycles. The topological polar surface area (TPSA) is 95.5 Å². The number of benzene rings is 1. The zero-order valence-electron chi connectivity index (χ0n) is 18.1. The fourth-order valence-electron chi connectivity index (χ4n) is 2.91. The van der Waals surface area contributed by atoms with E-state index in [0.29, 0.717) is 38.8 Å². The van der Waals surface area contributed by atoms with E-state index in [1.807, 2.05) is 30.3 Å². The molecule has 1 fully saturated rings. The van der Waals surface area contributed by atoms with Crippen LogP contribution in [-0.4, -0.2) is 87.3 Å². The van der Waals surface area contributed by atoms with Gasteiger partial charge in [-0.25, -0.2) is 9.79 Å². The van der Waals surface area contributed by atoms with Crippen LogP contribution in [0.3, 0.4) is 0 Å². The minimum absolute atomic E-state index is 0.0591. The molecular weight excluding hydrogens is 386 g/mol. The van der Waals surface area contributed by atoms with Crippen LogP contribution in [0, 0.1) is 0 Å². The average molecular weight is 420 g/mol. The van der Waals surface area contributed by atoms with Crippen LogP contribution in [0.25, 0.3) is 0 Å². The van der Waals surface area contributed by atoms with Gasteiger partial charge in [0.15, 0.2) is 5.96 Å². The van der Waals surface area contributed by atoms with E-state index in [1.165, 1.54) is 4.90 Å². The second kappa shape index (κ2) is 12.6. The molecule has 0 bridgehead atoms. The lowest BCUT2D eigenvalue weighted by atomic mass is 10.1. The molecule has 2 amide bonds. The van der Waals surface area contributed by atoms with E-state index in [1.54, 1.807) is 25.9 Å². The van der Waals surface area contributed by atoms with Gasteiger partial charge in [-0.05, 0) is 31.9 Å². The number of carbonyl (C=O) groups excluding carboxylic acids is 2. The van der Waals surface area contributed by atoms with Crippen molar-refractivity contribution >= 4 is 18.0 Å². The molecule has 30 heavy (non-hydrogen) atoms. The highest BCUT2D eigenvalue weighted by Gasteiger charge is 2.24. The first-order valence-electron chi connectivity index (χ1n) is 10.3. The summed E-state index contributed by atoms with van der Waals surface area (Å²) in [5, 5.41) is 6.60. The van der Waals surface area contributed by atoms with Crippen molar-refractivity contribution in [2.24, 2.45) is 4.99 Å². The van der Waals surface area contributed by atoms with Gasteiger partial charge in [0.25, 0.3) is 0 Å². The molecule has 1 heterocycles. The lowest BCUT2D eigenvalue weighted by molar-refractivity contribution is -0.127. The molecule has 0 spiro atoms. The highest BCUT2D eigenvalue weighted by Crippen LogP contribution is 2.11. The van der Waals surface area contributed by atoms with Gasteiger partial charge < -0.3 is 29.9 Å². The molecule has 9 nitrogen and oxygen atoms in total. The monoisotopic (exact) mass is 419 g/mol. The van der Waals surface area contributed by atoms with Gasteiger partial charge in [-0.15, -0.1) is 0 Å². The minimum atomic E-state index is -0.266. The van der Waals surface area contributed by atoms with Crippen molar-refractivity contribution in [1.29, 1.82) is 0 Å². The number of amides is 2. The van der Waals surface area contributed by atoms with Crippen molar-refractivity contribution in [2.75, 3.05) is 53.5 Å². The first-order valence-corrected chi connectivity index (χ1v) is 10.3. The van der Waals surface area contributed by atoms with Gasteiger partial charge in [0.05, 0.1) is 13.2 Å². The van der Waals surface area contributed by atoms with Crippen LogP contribution in [0.4, 0.5) is 4.79 Å². The standard InChI is InChI=1S/C21H33N5O4/c1-4-29-21(28)26-13-10-17(11-14-26)24-20(23-16-19(27)25(2)3)22-12-15-30-18-8-6-5-7-9-18/h5-9,17H,4,10-16H2,1-3H3,(H2,22,23,24). The number of ether oxygens (including phenoxy) is 2. The van der Waals surface area contributed by atoms with Crippen molar-refractivity contribution in [3.8, 4) is 5.75 Å². The second-order valence-corrected chi connectivity index (χ2v) is 7.15. The van der Waals surface area contributed by atoms with Crippen molar-refractivity contribution in [3.05, 3.63) is 30.3 Å². The Labute approximate surface area is 178 Å². The summed E-state index contributed by atoms with van der Waals surface area (Å²) >= 11 is 0.